The summed E-state index contributed by atoms with van der Waals surface area (Å²) in [6.07, 6.45) is 5.79. The number of nitrogens with zero attached hydrogens (tertiary/aromatic N) is 1. The number of carbonyl (C=O) groups is 1. The first-order valence-electron chi connectivity index (χ1n) is 8.57. The minimum Gasteiger partial charge on any atom is -0.496 e. The number of carbonyl (C=O) groups excluding carboxylic acids is 1. The van der Waals surface area contributed by atoms with E-state index in [0.29, 0.717) is 29.2 Å². The summed E-state index contributed by atoms with van der Waals surface area (Å²) in [6, 6.07) is 3.41. The number of ether oxygens (including phenoxy) is 3. The average molecular weight is 363 g/mol. The SMILES string of the molecule is COc1cc(OC)c(/C=N\OC(=O)C[C@H](C)CCC=C(C)C)c(OC)c1. The van der Waals surface area contributed by atoms with E-state index in [9.17, 15) is 4.79 Å². The molecule has 0 saturated heterocycles. The fraction of sp³-hybridized carbons (Fsp3) is 0.500. The Labute approximate surface area is 155 Å². The van der Waals surface area contributed by atoms with Crippen LogP contribution in [-0.2, 0) is 9.63 Å². The van der Waals surface area contributed by atoms with E-state index in [-0.39, 0.29) is 11.9 Å². The predicted octanol–water partition coefficient (Wildman–Crippen LogP) is 4.36. The smallest absolute Gasteiger partial charge is 0.335 e. The zero-order valence-electron chi connectivity index (χ0n) is 16.5. The van der Waals surface area contributed by atoms with Crippen molar-refractivity contribution in [2.75, 3.05) is 21.3 Å². The van der Waals surface area contributed by atoms with Gasteiger partial charge in [-0.3, -0.25) is 0 Å². The molecule has 0 spiro atoms. The molecule has 1 aromatic carbocycles. The number of methoxy groups -OCH3 is 3. The van der Waals surface area contributed by atoms with E-state index in [2.05, 4.69) is 25.1 Å². The number of allylic oxidation sites excluding steroid dienone is 2. The number of benzene rings is 1. The summed E-state index contributed by atoms with van der Waals surface area (Å²) >= 11 is 0. The third-order valence-corrected chi connectivity index (χ3v) is 3.82. The van der Waals surface area contributed by atoms with Crippen LogP contribution in [0.15, 0.2) is 28.9 Å². The largest absolute Gasteiger partial charge is 0.496 e. The Bertz CT molecular complexity index is 623. The predicted molar refractivity (Wildman–Crippen MR) is 102 cm³/mol. The Morgan fingerprint density at radius 1 is 1.12 bits per heavy atom. The molecule has 26 heavy (non-hydrogen) atoms. The molecular weight excluding hydrogens is 334 g/mol. The lowest BCUT2D eigenvalue weighted by Gasteiger charge is -2.12. The highest BCUT2D eigenvalue weighted by Gasteiger charge is 2.13. The molecule has 0 radical (unpaired) electrons. The number of hydrogen-bond donors (Lipinski definition) is 0. The van der Waals surface area contributed by atoms with E-state index >= 15 is 0 Å². The van der Waals surface area contributed by atoms with Crippen molar-refractivity contribution in [3.63, 3.8) is 0 Å². The fourth-order valence-corrected chi connectivity index (χ4v) is 2.38. The first kappa shape index (κ1) is 21.5. The molecule has 0 aliphatic rings. The van der Waals surface area contributed by atoms with Crippen LogP contribution in [0.3, 0.4) is 0 Å². The average Bonchev–Trinajstić information content (AvgIpc) is 2.60. The molecule has 1 atom stereocenters. The van der Waals surface area contributed by atoms with Gasteiger partial charge < -0.3 is 19.0 Å². The molecule has 0 unspecified atom stereocenters. The molecule has 6 heteroatoms. The molecule has 0 aromatic heterocycles. The summed E-state index contributed by atoms with van der Waals surface area (Å²) in [5.41, 5.74) is 1.85. The van der Waals surface area contributed by atoms with E-state index in [1.54, 1.807) is 19.2 Å². The van der Waals surface area contributed by atoms with Crippen LogP contribution in [0.5, 0.6) is 17.2 Å². The van der Waals surface area contributed by atoms with Crippen LogP contribution in [0.2, 0.25) is 0 Å². The van der Waals surface area contributed by atoms with Crippen LogP contribution in [0.25, 0.3) is 0 Å². The van der Waals surface area contributed by atoms with Crippen molar-refractivity contribution >= 4 is 12.2 Å². The van der Waals surface area contributed by atoms with Crippen LogP contribution >= 0.6 is 0 Å². The summed E-state index contributed by atoms with van der Waals surface area (Å²) < 4.78 is 15.8. The number of oxime groups is 1. The first-order chi connectivity index (χ1) is 12.4. The Morgan fingerprint density at radius 3 is 2.23 bits per heavy atom. The van der Waals surface area contributed by atoms with Gasteiger partial charge in [-0.2, -0.15) is 0 Å². The van der Waals surface area contributed by atoms with Crippen molar-refractivity contribution in [2.45, 2.75) is 40.0 Å². The van der Waals surface area contributed by atoms with Gasteiger partial charge in [0.15, 0.2) is 0 Å². The van der Waals surface area contributed by atoms with Gasteiger partial charge in [0.1, 0.15) is 17.2 Å². The number of hydrogen-bond acceptors (Lipinski definition) is 6. The van der Waals surface area contributed by atoms with Gasteiger partial charge in [-0.25, -0.2) is 4.79 Å². The molecule has 0 saturated carbocycles. The van der Waals surface area contributed by atoms with Crippen LogP contribution in [0.1, 0.15) is 45.6 Å². The molecule has 144 valence electrons. The maximum atomic E-state index is 11.9. The highest BCUT2D eigenvalue weighted by atomic mass is 16.7. The molecule has 1 rings (SSSR count). The Balaban J connectivity index is 2.68. The first-order valence-corrected chi connectivity index (χ1v) is 8.57. The summed E-state index contributed by atoms with van der Waals surface area (Å²) in [6.45, 7) is 6.16. The molecule has 6 nitrogen and oxygen atoms in total. The topological polar surface area (TPSA) is 66.3 Å². The second-order valence-electron chi connectivity index (χ2n) is 6.31. The molecule has 0 heterocycles. The van der Waals surface area contributed by atoms with E-state index in [1.165, 1.54) is 26.0 Å². The van der Waals surface area contributed by atoms with Crippen molar-refractivity contribution in [1.82, 2.24) is 0 Å². The van der Waals surface area contributed by atoms with Crippen LogP contribution < -0.4 is 14.2 Å². The zero-order chi connectivity index (χ0) is 19.5. The lowest BCUT2D eigenvalue weighted by atomic mass is 10.0. The molecule has 0 aliphatic carbocycles. The molecule has 0 fully saturated rings. The van der Waals surface area contributed by atoms with Gasteiger partial charge in [0.05, 0.1) is 39.5 Å². The lowest BCUT2D eigenvalue weighted by molar-refractivity contribution is -0.144. The molecule has 1 aromatic rings. The molecule has 0 aliphatic heterocycles. The van der Waals surface area contributed by atoms with Crippen molar-refractivity contribution < 1.29 is 23.8 Å². The van der Waals surface area contributed by atoms with Gasteiger partial charge in [0, 0.05) is 12.1 Å². The molecule has 0 amide bonds. The maximum absolute atomic E-state index is 11.9. The van der Waals surface area contributed by atoms with Crippen molar-refractivity contribution in [1.29, 1.82) is 0 Å². The highest BCUT2D eigenvalue weighted by molar-refractivity contribution is 5.88. The molecule has 0 bridgehead atoms. The summed E-state index contributed by atoms with van der Waals surface area (Å²) in [7, 11) is 4.62. The quantitative estimate of drug-likeness (QED) is 0.267. The van der Waals surface area contributed by atoms with Gasteiger partial charge in [0.25, 0.3) is 0 Å². The second kappa shape index (κ2) is 11.2. The van der Waals surface area contributed by atoms with E-state index < -0.39 is 0 Å². The van der Waals surface area contributed by atoms with Gasteiger partial charge in [-0.15, -0.1) is 0 Å². The second-order valence-corrected chi connectivity index (χ2v) is 6.31. The minimum atomic E-state index is -0.364. The summed E-state index contributed by atoms with van der Waals surface area (Å²) in [4.78, 5) is 16.9. The number of rotatable bonds is 10. The standard InChI is InChI=1S/C20H29NO5/c1-14(2)8-7-9-15(3)10-20(22)26-21-13-17-18(24-5)11-16(23-4)12-19(17)25-6/h8,11-13,15H,7,9-10H2,1-6H3/b21-13-/t15-/m1/s1. The Hall–Kier alpha value is -2.50. The van der Waals surface area contributed by atoms with E-state index in [4.69, 9.17) is 19.0 Å². The monoisotopic (exact) mass is 363 g/mol. The van der Waals surface area contributed by atoms with Crippen molar-refractivity contribution in [2.24, 2.45) is 11.1 Å². The molecule has 0 N–H and O–H groups in total. The van der Waals surface area contributed by atoms with Gasteiger partial charge in [-0.1, -0.05) is 23.7 Å². The Morgan fingerprint density at radius 2 is 1.73 bits per heavy atom. The van der Waals surface area contributed by atoms with Gasteiger partial charge >= 0.3 is 5.97 Å². The van der Waals surface area contributed by atoms with Crippen molar-refractivity contribution in [3.05, 3.63) is 29.3 Å². The van der Waals surface area contributed by atoms with Crippen molar-refractivity contribution in [3.8, 4) is 17.2 Å². The minimum absolute atomic E-state index is 0.235. The summed E-state index contributed by atoms with van der Waals surface area (Å²) in [5.74, 6) is 1.49. The maximum Gasteiger partial charge on any atom is 0.335 e. The molecular formula is C20H29NO5. The van der Waals surface area contributed by atoms with Crippen LogP contribution in [-0.4, -0.2) is 33.5 Å². The summed E-state index contributed by atoms with van der Waals surface area (Å²) in [5, 5.41) is 3.79. The van der Waals surface area contributed by atoms with E-state index in [1.807, 2.05) is 6.92 Å². The zero-order valence-corrected chi connectivity index (χ0v) is 16.5. The normalized spacial score (nSPS) is 11.8. The lowest BCUT2D eigenvalue weighted by Crippen LogP contribution is -2.07. The Kier molecular flexibility index (Phi) is 9.26. The third kappa shape index (κ3) is 7.17. The third-order valence-electron chi connectivity index (χ3n) is 3.82. The van der Waals surface area contributed by atoms with Crippen LogP contribution in [0, 0.1) is 5.92 Å². The van der Waals surface area contributed by atoms with E-state index in [0.717, 1.165) is 12.8 Å². The fourth-order valence-electron chi connectivity index (χ4n) is 2.38. The highest BCUT2D eigenvalue weighted by Crippen LogP contribution is 2.32. The van der Waals surface area contributed by atoms with Crippen LogP contribution in [0.4, 0.5) is 0 Å². The van der Waals surface area contributed by atoms with Gasteiger partial charge in [0.2, 0.25) is 0 Å². The van der Waals surface area contributed by atoms with Gasteiger partial charge in [-0.05, 0) is 32.6 Å².